The molecule has 0 radical (unpaired) electrons. The Labute approximate surface area is 112 Å². The van der Waals surface area contributed by atoms with Gasteiger partial charge in [0.2, 0.25) is 5.91 Å². The van der Waals surface area contributed by atoms with Gasteiger partial charge in [-0.1, -0.05) is 23.4 Å². The number of nitrogens with zero attached hydrogens (tertiary/aromatic N) is 1. The van der Waals surface area contributed by atoms with Gasteiger partial charge in [0.05, 0.1) is 6.54 Å². The summed E-state index contributed by atoms with van der Waals surface area (Å²) in [4.78, 5) is 11.9. The average Bonchev–Trinajstić information content (AvgIpc) is 2.77. The minimum atomic E-state index is -0.113. The van der Waals surface area contributed by atoms with E-state index in [1.807, 2.05) is 32.0 Å². The van der Waals surface area contributed by atoms with E-state index >= 15 is 0 Å². The number of para-hydroxylation sites is 1. The van der Waals surface area contributed by atoms with Gasteiger partial charge in [-0.25, -0.2) is 0 Å². The number of rotatable bonds is 4. The molecular weight excluding hydrogens is 242 g/mol. The molecule has 1 amide bonds. The molecule has 0 aliphatic rings. The molecule has 1 heterocycles. The van der Waals surface area contributed by atoms with Gasteiger partial charge in [-0.15, -0.1) is 0 Å². The minimum absolute atomic E-state index is 0.113. The van der Waals surface area contributed by atoms with E-state index in [1.54, 1.807) is 13.0 Å². The van der Waals surface area contributed by atoms with Crippen LogP contribution < -0.4 is 10.6 Å². The van der Waals surface area contributed by atoms with Crippen molar-refractivity contribution in [2.45, 2.75) is 20.8 Å². The summed E-state index contributed by atoms with van der Waals surface area (Å²) in [5.74, 6) is 1.16. The third kappa shape index (κ3) is 3.34. The molecule has 0 bridgehead atoms. The molecule has 5 heteroatoms. The number of amides is 1. The van der Waals surface area contributed by atoms with Gasteiger partial charge in [-0.3, -0.25) is 4.79 Å². The highest BCUT2D eigenvalue weighted by Crippen LogP contribution is 2.19. The molecule has 0 aliphatic heterocycles. The van der Waals surface area contributed by atoms with E-state index < -0.39 is 0 Å². The van der Waals surface area contributed by atoms with Gasteiger partial charge in [0, 0.05) is 11.8 Å². The van der Waals surface area contributed by atoms with Crippen molar-refractivity contribution in [2.75, 3.05) is 17.2 Å². The van der Waals surface area contributed by atoms with Crippen LogP contribution in [0, 0.1) is 20.8 Å². The first-order valence-corrected chi connectivity index (χ1v) is 6.09. The van der Waals surface area contributed by atoms with Crippen LogP contribution in [0.25, 0.3) is 0 Å². The van der Waals surface area contributed by atoms with E-state index in [1.165, 1.54) is 0 Å². The number of nitrogens with one attached hydrogen (secondary N) is 2. The Balaban J connectivity index is 1.94. The lowest BCUT2D eigenvalue weighted by Gasteiger charge is -2.11. The third-order valence-electron chi connectivity index (χ3n) is 2.80. The summed E-state index contributed by atoms with van der Waals surface area (Å²) in [5, 5.41) is 9.57. The second-order valence-electron chi connectivity index (χ2n) is 4.49. The Morgan fingerprint density at radius 2 is 1.95 bits per heavy atom. The molecule has 0 unspecified atom stereocenters. The van der Waals surface area contributed by atoms with E-state index in [2.05, 4.69) is 15.8 Å². The topological polar surface area (TPSA) is 67.2 Å². The van der Waals surface area contributed by atoms with Gasteiger partial charge < -0.3 is 15.2 Å². The lowest BCUT2D eigenvalue weighted by Crippen LogP contribution is -2.22. The third-order valence-corrected chi connectivity index (χ3v) is 2.80. The normalized spacial score (nSPS) is 10.3. The van der Waals surface area contributed by atoms with Crippen LogP contribution >= 0.6 is 0 Å². The Bertz CT molecular complexity index is 570. The molecule has 0 saturated heterocycles. The van der Waals surface area contributed by atoms with Gasteiger partial charge >= 0.3 is 0 Å². The Hall–Kier alpha value is -2.30. The van der Waals surface area contributed by atoms with Crippen molar-refractivity contribution in [1.82, 2.24) is 5.16 Å². The van der Waals surface area contributed by atoms with Gasteiger partial charge in [0.1, 0.15) is 5.76 Å². The fraction of sp³-hybridized carbons (Fsp3) is 0.286. The zero-order chi connectivity index (χ0) is 13.8. The predicted molar refractivity (Wildman–Crippen MR) is 74.3 cm³/mol. The van der Waals surface area contributed by atoms with Crippen molar-refractivity contribution >= 4 is 17.4 Å². The van der Waals surface area contributed by atoms with Crippen molar-refractivity contribution in [2.24, 2.45) is 0 Å². The van der Waals surface area contributed by atoms with Gasteiger partial charge in [0.15, 0.2) is 5.82 Å². The lowest BCUT2D eigenvalue weighted by atomic mass is 10.1. The lowest BCUT2D eigenvalue weighted by molar-refractivity contribution is -0.114. The second-order valence-corrected chi connectivity index (χ2v) is 4.49. The summed E-state index contributed by atoms with van der Waals surface area (Å²) in [6, 6.07) is 7.65. The molecule has 2 rings (SSSR count). The van der Waals surface area contributed by atoms with Crippen LogP contribution in [0.3, 0.4) is 0 Å². The van der Waals surface area contributed by atoms with E-state index in [0.29, 0.717) is 11.6 Å². The summed E-state index contributed by atoms with van der Waals surface area (Å²) < 4.78 is 4.91. The van der Waals surface area contributed by atoms with Gasteiger partial charge in [-0.05, 0) is 31.9 Å². The van der Waals surface area contributed by atoms with Crippen LogP contribution in [0.15, 0.2) is 28.8 Å². The van der Waals surface area contributed by atoms with Crippen LogP contribution in [-0.2, 0) is 4.79 Å². The highest BCUT2D eigenvalue weighted by atomic mass is 16.5. The molecule has 0 atom stereocenters. The largest absolute Gasteiger partial charge is 0.360 e. The Morgan fingerprint density at radius 1 is 1.26 bits per heavy atom. The molecule has 1 aromatic heterocycles. The molecule has 2 N–H and O–H groups in total. The zero-order valence-corrected chi connectivity index (χ0v) is 11.3. The predicted octanol–water partition coefficient (Wildman–Crippen LogP) is 2.65. The number of aromatic nitrogens is 1. The number of hydrogen-bond acceptors (Lipinski definition) is 4. The van der Waals surface area contributed by atoms with E-state index in [0.717, 1.165) is 16.8 Å². The Kier molecular flexibility index (Phi) is 3.85. The van der Waals surface area contributed by atoms with Crippen molar-refractivity contribution in [3.05, 3.63) is 41.2 Å². The highest BCUT2D eigenvalue weighted by molar-refractivity contribution is 5.95. The van der Waals surface area contributed by atoms with Crippen LogP contribution in [0.1, 0.15) is 16.9 Å². The first kappa shape index (κ1) is 13.1. The smallest absolute Gasteiger partial charge is 0.243 e. The molecule has 100 valence electrons. The van der Waals surface area contributed by atoms with Crippen LogP contribution in [0.5, 0.6) is 0 Å². The average molecular weight is 259 g/mol. The first-order valence-electron chi connectivity index (χ1n) is 6.09. The van der Waals surface area contributed by atoms with E-state index in [4.69, 9.17) is 4.52 Å². The molecule has 0 fully saturated rings. The summed E-state index contributed by atoms with van der Waals surface area (Å²) in [6.07, 6.45) is 0. The molecule has 1 aromatic carbocycles. The molecular formula is C14H17N3O2. The van der Waals surface area contributed by atoms with Gasteiger partial charge in [0.25, 0.3) is 0 Å². The van der Waals surface area contributed by atoms with E-state index in [-0.39, 0.29) is 12.5 Å². The molecule has 0 saturated carbocycles. The van der Waals surface area contributed by atoms with Crippen molar-refractivity contribution in [3.8, 4) is 0 Å². The maximum absolute atomic E-state index is 11.9. The fourth-order valence-corrected chi connectivity index (χ4v) is 1.82. The molecule has 0 aliphatic carbocycles. The molecule has 19 heavy (non-hydrogen) atoms. The summed E-state index contributed by atoms with van der Waals surface area (Å²) in [6.45, 7) is 5.89. The maximum atomic E-state index is 11.9. The van der Waals surface area contributed by atoms with Crippen molar-refractivity contribution < 1.29 is 9.32 Å². The van der Waals surface area contributed by atoms with Crippen molar-refractivity contribution in [1.29, 1.82) is 0 Å². The Morgan fingerprint density at radius 3 is 2.53 bits per heavy atom. The van der Waals surface area contributed by atoms with E-state index in [9.17, 15) is 4.79 Å². The first-order chi connectivity index (χ1) is 9.06. The molecule has 0 spiro atoms. The summed E-state index contributed by atoms with van der Waals surface area (Å²) in [7, 11) is 0. The molecule has 2 aromatic rings. The van der Waals surface area contributed by atoms with Crippen LogP contribution in [-0.4, -0.2) is 17.6 Å². The second kappa shape index (κ2) is 5.56. The molecule has 5 nitrogen and oxygen atoms in total. The maximum Gasteiger partial charge on any atom is 0.243 e. The number of anilines is 2. The fourth-order valence-electron chi connectivity index (χ4n) is 1.82. The van der Waals surface area contributed by atoms with Crippen molar-refractivity contribution in [3.63, 3.8) is 0 Å². The zero-order valence-electron chi connectivity index (χ0n) is 11.3. The minimum Gasteiger partial charge on any atom is -0.360 e. The van der Waals surface area contributed by atoms with Crippen LogP contribution in [0.4, 0.5) is 11.5 Å². The standard InChI is InChI=1S/C14H17N3O2/c1-9-5-4-6-10(2)14(9)16-13(18)8-15-12-7-11(3)19-17-12/h4-7H,8H2,1-3H3,(H,15,17)(H,16,18). The highest BCUT2D eigenvalue weighted by Gasteiger charge is 2.08. The SMILES string of the molecule is Cc1cc(NCC(=O)Nc2c(C)cccc2C)no1. The number of carbonyl (C=O) groups is 1. The quantitative estimate of drug-likeness (QED) is 0.885. The summed E-state index contributed by atoms with van der Waals surface area (Å²) in [5.41, 5.74) is 2.96. The number of benzene rings is 1. The monoisotopic (exact) mass is 259 g/mol. The van der Waals surface area contributed by atoms with Gasteiger partial charge in [-0.2, -0.15) is 0 Å². The number of aryl methyl sites for hydroxylation is 3. The number of hydrogen-bond donors (Lipinski definition) is 2. The van der Waals surface area contributed by atoms with Crippen LogP contribution in [0.2, 0.25) is 0 Å². The number of carbonyl (C=O) groups excluding carboxylic acids is 1. The summed E-state index contributed by atoms with van der Waals surface area (Å²) >= 11 is 0.